The molecule has 0 amide bonds. The van der Waals surface area contributed by atoms with Gasteiger partial charge in [-0.25, -0.2) is 0 Å². The third-order valence-electron chi connectivity index (χ3n) is 2.31. The number of hydrogen-bond acceptors (Lipinski definition) is 3. The van der Waals surface area contributed by atoms with Crippen LogP contribution in [-0.2, 0) is 4.74 Å². The Kier molecular flexibility index (Phi) is 6.12. The lowest BCUT2D eigenvalue weighted by atomic mass is 10.1. The molecule has 1 rings (SSSR count). The van der Waals surface area contributed by atoms with E-state index in [0.717, 1.165) is 16.8 Å². The van der Waals surface area contributed by atoms with Crippen molar-refractivity contribution < 1.29 is 9.47 Å². The Morgan fingerprint density at radius 1 is 1.33 bits per heavy atom. The first-order valence-electron chi connectivity index (χ1n) is 6.07. The Morgan fingerprint density at radius 2 is 2.06 bits per heavy atom. The van der Waals surface area contributed by atoms with Gasteiger partial charge in [-0.2, -0.15) is 0 Å². The van der Waals surface area contributed by atoms with Gasteiger partial charge in [0.2, 0.25) is 0 Å². The van der Waals surface area contributed by atoms with Crippen molar-refractivity contribution in [3.63, 3.8) is 0 Å². The fourth-order valence-corrected chi connectivity index (χ4v) is 1.85. The van der Waals surface area contributed by atoms with Crippen LogP contribution in [0, 0.1) is 0 Å². The highest BCUT2D eigenvalue weighted by Crippen LogP contribution is 2.19. The van der Waals surface area contributed by atoms with Gasteiger partial charge in [0.25, 0.3) is 0 Å². The zero-order chi connectivity index (χ0) is 13.6. The van der Waals surface area contributed by atoms with Crippen molar-refractivity contribution in [1.29, 1.82) is 0 Å². The van der Waals surface area contributed by atoms with Crippen molar-refractivity contribution in [1.82, 2.24) is 5.32 Å². The van der Waals surface area contributed by atoms with Gasteiger partial charge in [0, 0.05) is 23.7 Å². The SMILES string of the molecule is COCC(CNC(C)(C)C)Oc1cccc(Br)c1. The number of benzene rings is 1. The average Bonchev–Trinajstić information content (AvgIpc) is 2.25. The predicted octanol–water partition coefficient (Wildman–Crippen LogP) is 3.23. The maximum Gasteiger partial charge on any atom is 0.134 e. The lowest BCUT2D eigenvalue weighted by molar-refractivity contribution is 0.0764. The molecule has 0 aliphatic rings. The molecular weight excluding hydrogens is 294 g/mol. The van der Waals surface area contributed by atoms with Crippen LogP contribution in [0.4, 0.5) is 0 Å². The first-order chi connectivity index (χ1) is 8.40. The lowest BCUT2D eigenvalue weighted by Gasteiger charge is -2.25. The second-order valence-corrected chi connectivity index (χ2v) is 6.20. The topological polar surface area (TPSA) is 30.5 Å². The Balaban J connectivity index is 2.57. The Hall–Kier alpha value is -0.580. The van der Waals surface area contributed by atoms with Crippen molar-refractivity contribution in [2.24, 2.45) is 0 Å². The smallest absolute Gasteiger partial charge is 0.134 e. The fraction of sp³-hybridized carbons (Fsp3) is 0.571. The van der Waals surface area contributed by atoms with Crippen LogP contribution in [0.5, 0.6) is 5.75 Å². The van der Waals surface area contributed by atoms with Gasteiger partial charge in [-0.1, -0.05) is 22.0 Å². The van der Waals surface area contributed by atoms with Crippen molar-refractivity contribution in [2.75, 3.05) is 20.3 Å². The van der Waals surface area contributed by atoms with E-state index in [0.29, 0.717) is 6.61 Å². The van der Waals surface area contributed by atoms with Crippen molar-refractivity contribution in [2.45, 2.75) is 32.4 Å². The number of nitrogens with one attached hydrogen (secondary N) is 1. The van der Waals surface area contributed by atoms with E-state index in [9.17, 15) is 0 Å². The maximum atomic E-state index is 5.91. The molecule has 1 unspecified atom stereocenters. The number of rotatable bonds is 6. The largest absolute Gasteiger partial charge is 0.487 e. The van der Waals surface area contributed by atoms with E-state index >= 15 is 0 Å². The first kappa shape index (κ1) is 15.5. The van der Waals surface area contributed by atoms with E-state index in [1.54, 1.807) is 7.11 Å². The molecule has 0 saturated heterocycles. The standard InChI is InChI=1S/C14H22BrNO2/c1-14(2,3)16-9-13(10-17-4)18-12-7-5-6-11(15)8-12/h5-8,13,16H,9-10H2,1-4H3. The molecule has 0 aliphatic heterocycles. The zero-order valence-corrected chi connectivity index (χ0v) is 13.1. The summed E-state index contributed by atoms with van der Waals surface area (Å²) in [5.41, 5.74) is 0.0760. The van der Waals surface area contributed by atoms with Gasteiger partial charge in [0.15, 0.2) is 0 Å². The third-order valence-corrected chi connectivity index (χ3v) is 2.80. The molecule has 18 heavy (non-hydrogen) atoms. The predicted molar refractivity (Wildman–Crippen MR) is 78.2 cm³/mol. The monoisotopic (exact) mass is 315 g/mol. The van der Waals surface area contributed by atoms with Crippen molar-refractivity contribution in [3.05, 3.63) is 28.7 Å². The first-order valence-corrected chi connectivity index (χ1v) is 6.86. The van der Waals surface area contributed by atoms with E-state index in [1.165, 1.54) is 0 Å². The molecule has 1 atom stereocenters. The van der Waals surface area contributed by atoms with Crippen LogP contribution in [0.3, 0.4) is 0 Å². The van der Waals surface area contributed by atoms with E-state index in [1.807, 2.05) is 24.3 Å². The maximum absolute atomic E-state index is 5.91. The molecule has 0 fully saturated rings. The molecule has 4 heteroatoms. The van der Waals surface area contributed by atoms with Crippen LogP contribution in [0.2, 0.25) is 0 Å². The summed E-state index contributed by atoms with van der Waals surface area (Å²) >= 11 is 3.43. The quantitative estimate of drug-likeness (QED) is 0.874. The van der Waals surface area contributed by atoms with Gasteiger partial charge in [-0.05, 0) is 39.0 Å². The molecule has 0 aromatic heterocycles. The molecule has 3 nitrogen and oxygen atoms in total. The van der Waals surface area contributed by atoms with Gasteiger partial charge in [-0.15, -0.1) is 0 Å². The highest BCUT2D eigenvalue weighted by atomic mass is 79.9. The summed E-state index contributed by atoms with van der Waals surface area (Å²) in [6.07, 6.45) is 0.00326. The summed E-state index contributed by atoms with van der Waals surface area (Å²) < 4.78 is 12.1. The van der Waals surface area contributed by atoms with Crippen LogP contribution >= 0.6 is 15.9 Å². The van der Waals surface area contributed by atoms with Gasteiger partial charge in [0.05, 0.1) is 6.61 Å². The van der Waals surface area contributed by atoms with Gasteiger partial charge < -0.3 is 14.8 Å². The lowest BCUT2D eigenvalue weighted by Crippen LogP contribution is -2.44. The molecule has 0 heterocycles. The average molecular weight is 316 g/mol. The number of halogens is 1. The molecule has 1 aromatic carbocycles. The second kappa shape index (κ2) is 7.12. The van der Waals surface area contributed by atoms with E-state index in [4.69, 9.17) is 9.47 Å². The summed E-state index contributed by atoms with van der Waals surface area (Å²) in [6, 6.07) is 7.84. The normalized spacial score (nSPS) is 13.4. The number of ether oxygens (including phenoxy) is 2. The van der Waals surface area contributed by atoms with Crippen LogP contribution in [0.25, 0.3) is 0 Å². The molecule has 0 aliphatic carbocycles. The van der Waals surface area contributed by atoms with Crippen LogP contribution in [-0.4, -0.2) is 31.9 Å². The number of hydrogen-bond donors (Lipinski definition) is 1. The van der Waals surface area contributed by atoms with Gasteiger partial charge >= 0.3 is 0 Å². The van der Waals surface area contributed by atoms with Crippen molar-refractivity contribution in [3.8, 4) is 5.75 Å². The second-order valence-electron chi connectivity index (χ2n) is 5.28. The Bertz CT molecular complexity index is 363. The molecule has 0 spiro atoms. The van der Waals surface area contributed by atoms with Crippen LogP contribution in [0.15, 0.2) is 28.7 Å². The summed E-state index contributed by atoms with van der Waals surface area (Å²) in [7, 11) is 1.69. The molecule has 102 valence electrons. The Labute approximate surface area is 118 Å². The number of methoxy groups -OCH3 is 1. The highest BCUT2D eigenvalue weighted by Gasteiger charge is 2.15. The van der Waals surface area contributed by atoms with Crippen LogP contribution in [0.1, 0.15) is 20.8 Å². The molecule has 0 radical (unpaired) electrons. The summed E-state index contributed by atoms with van der Waals surface area (Å²) in [5, 5.41) is 3.42. The molecule has 0 bridgehead atoms. The van der Waals surface area contributed by atoms with E-state index < -0.39 is 0 Å². The minimum Gasteiger partial charge on any atom is -0.487 e. The minimum atomic E-state index is 0.00326. The molecule has 1 aromatic rings. The molecule has 1 N–H and O–H groups in total. The van der Waals surface area contributed by atoms with Crippen molar-refractivity contribution >= 4 is 15.9 Å². The van der Waals surface area contributed by atoms with Crippen LogP contribution < -0.4 is 10.1 Å². The highest BCUT2D eigenvalue weighted by molar-refractivity contribution is 9.10. The Morgan fingerprint density at radius 3 is 2.61 bits per heavy atom. The fourth-order valence-electron chi connectivity index (χ4n) is 1.47. The molecule has 0 saturated carbocycles. The summed E-state index contributed by atoms with van der Waals surface area (Å²) in [4.78, 5) is 0. The van der Waals surface area contributed by atoms with Gasteiger partial charge in [-0.3, -0.25) is 0 Å². The van der Waals surface area contributed by atoms with E-state index in [2.05, 4.69) is 42.0 Å². The zero-order valence-electron chi connectivity index (χ0n) is 11.5. The molecular formula is C14H22BrNO2. The minimum absolute atomic E-state index is 0.00326. The summed E-state index contributed by atoms with van der Waals surface area (Å²) in [5.74, 6) is 0.849. The van der Waals surface area contributed by atoms with E-state index in [-0.39, 0.29) is 11.6 Å². The van der Waals surface area contributed by atoms with Gasteiger partial charge in [0.1, 0.15) is 11.9 Å². The summed E-state index contributed by atoms with van der Waals surface area (Å²) in [6.45, 7) is 7.72. The third kappa shape index (κ3) is 6.38.